The highest BCUT2D eigenvalue weighted by atomic mass is 15.2. The number of nitrogens with zero attached hydrogens (tertiary/aromatic N) is 1. The molecule has 0 bridgehead atoms. The standard InChI is InChI=1S/C15H32N2/c1-5-13(6-2)15(11-16)17-9-7-14(8-10-17)12(3)4/h12-15H,5-11,16H2,1-4H3. The summed E-state index contributed by atoms with van der Waals surface area (Å²) in [5, 5.41) is 0. The highest BCUT2D eigenvalue weighted by Crippen LogP contribution is 2.28. The molecule has 1 saturated heterocycles. The van der Waals surface area contributed by atoms with Gasteiger partial charge in [-0.2, -0.15) is 0 Å². The Kier molecular flexibility index (Phi) is 6.50. The highest BCUT2D eigenvalue weighted by molar-refractivity contribution is 4.83. The maximum Gasteiger partial charge on any atom is 0.0246 e. The molecule has 2 heteroatoms. The Bertz CT molecular complexity index is 191. The molecule has 0 aromatic carbocycles. The first-order chi connectivity index (χ1) is 8.13. The molecule has 1 rings (SSSR count). The molecule has 0 radical (unpaired) electrons. The van der Waals surface area contributed by atoms with Crippen LogP contribution in [0.5, 0.6) is 0 Å². The van der Waals surface area contributed by atoms with Crippen molar-refractivity contribution in [2.24, 2.45) is 23.5 Å². The van der Waals surface area contributed by atoms with E-state index < -0.39 is 0 Å². The maximum absolute atomic E-state index is 6.01. The number of likely N-dealkylation sites (tertiary alicyclic amines) is 1. The van der Waals surface area contributed by atoms with Crippen molar-refractivity contribution in [3.63, 3.8) is 0 Å². The van der Waals surface area contributed by atoms with Crippen molar-refractivity contribution in [2.75, 3.05) is 19.6 Å². The normalized spacial score (nSPS) is 21.4. The largest absolute Gasteiger partial charge is 0.329 e. The molecule has 1 fully saturated rings. The van der Waals surface area contributed by atoms with Crippen LogP contribution in [-0.2, 0) is 0 Å². The highest BCUT2D eigenvalue weighted by Gasteiger charge is 2.28. The average Bonchev–Trinajstić information content (AvgIpc) is 2.36. The topological polar surface area (TPSA) is 29.3 Å². The van der Waals surface area contributed by atoms with E-state index in [1.807, 2.05) is 0 Å². The molecule has 0 amide bonds. The second kappa shape index (κ2) is 7.38. The first-order valence-corrected chi connectivity index (χ1v) is 7.58. The number of piperidine rings is 1. The van der Waals surface area contributed by atoms with Crippen molar-refractivity contribution in [1.82, 2.24) is 4.90 Å². The van der Waals surface area contributed by atoms with Crippen LogP contribution < -0.4 is 5.73 Å². The van der Waals surface area contributed by atoms with Gasteiger partial charge in [0.05, 0.1) is 0 Å². The van der Waals surface area contributed by atoms with E-state index in [1.165, 1.54) is 38.8 Å². The van der Waals surface area contributed by atoms with Crippen LogP contribution in [0.15, 0.2) is 0 Å². The van der Waals surface area contributed by atoms with E-state index in [0.717, 1.165) is 24.3 Å². The third-order valence-corrected chi connectivity index (χ3v) is 4.82. The summed E-state index contributed by atoms with van der Waals surface area (Å²) in [5.74, 6) is 2.57. The molecule has 2 nitrogen and oxygen atoms in total. The quantitative estimate of drug-likeness (QED) is 0.773. The van der Waals surface area contributed by atoms with Crippen molar-refractivity contribution in [2.45, 2.75) is 59.4 Å². The summed E-state index contributed by atoms with van der Waals surface area (Å²) in [4.78, 5) is 2.66. The summed E-state index contributed by atoms with van der Waals surface area (Å²) < 4.78 is 0. The minimum atomic E-state index is 0.623. The number of hydrogen-bond donors (Lipinski definition) is 1. The third-order valence-electron chi connectivity index (χ3n) is 4.82. The zero-order valence-electron chi connectivity index (χ0n) is 12.3. The molecule has 0 aromatic heterocycles. The van der Waals surface area contributed by atoms with E-state index in [1.54, 1.807) is 0 Å². The van der Waals surface area contributed by atoms with Gasteiger partial charge in [0.15, 0.2) is 0 Å². The van der Waals surface area contributed by atoms with Crippen molar-refractivity contribution < 1.29 is 0 Å². The maximum atomic E-state index is 6.01. The lowest BCUT2D eigenvalue weighted by Gasteiger charge is -2.41. The molecule has 102 valence electrons. The fourth-order valence-electron chi connectivity index (χ4n) is 3.39. The molecule has 1 heterocycles. The fourth-order valence-corrected chi connectivity index (χ4v) is 3.39. The first kappa shape index (κ1) is 15.0. The summed E-state index contributed by atoms with van der Waals surface area (Å²) in [5.41, 5.74) is 6.01. The minimum absolute atomic E-state index is 0.623. The van der Waals surface area contributed by atoms with Crippen molar-refractivity contribution >= 4 is 0 Å². The molecule has 1 aliphatic heterocycles. The smallest absolute Gasteiger partial charge is 0.0246 e. The number of rotatable bonds is 6. The Morgan fingerprint density at radius 2 is 1.65 bits per heavy atom. The van der Waals surface area contributed by atoms with Crippen LogP contribution in [0.3, 0.4) is 0 Å². The van der Waals surface area contributed by atoms with Crippen LogP contribution in [0, 0.1) is 17.8 Å². The van der Waals surface area contributed by atoms with Crippen LogP contribution in [0.1, 0.15) is 53.4 Å². The lowest BCUT2D eigenvalue weighted by Crippen LogP contribution is -2.49. The van der Waals surface area contributed by atoms with Crippen molar-refractivity contribution in [1.29, 1.82) is 0 Å². The van der Waals surface area contributed by atoms with Gasteiger partial charge in [-0.3, -0.25) is 4.90 Å². The van der Waals surface area contributed by atoms with Gasteiger partial charge in [0.25, 0.3) is 0 Å². The first-order valence-electron chi connectivity index (χ1n) is 7.58. The molecule has 1 aliphatic rings. The van der Waals surface area contributed by atoms with Crippen LogP contribution in [0.4, 0.5) is 0 Å². The summed E-state index contributed by atoms with van der Waals surface area (Å²) >= 11 is 0. The van der Waals surface area contributed by atoms with E-state index in [4.69, 9.17) is 5.73 Å². The van der Waals surface area contributed by atoms with Gasteiger partial charge in [0.1, 0.15) is 0 Å². The van der Waals surface area contributed by atoms with Gasteiger partial charge in [-0.15, -0.1) is 0 Å². The zero-order chi connectivity index (χ0) is 12.8. The third kappa shape index (κ3) is 3.96. The Hall–Kier alpha value is -0.0800. The van der Waals surface area contributed by atoms with Gasteiger partial charge in [0.2, 0.25) is 0 Å². The predicted molar refractivity (Wildman–Crippen MR) is 76.0 cm³/mol. The summed E-state index contributed by atoms with van der Waals surface area (Å²) in [6.45, 7) is 12.7. The van der Waals surface area contributed by atoms with Crippen molar-refractivity contribution in [3.8, 4) is 0 Å². The van der Waals surface area contributed by atoms with E-state index in [0.29, 0.717) is 6.04 Å². The Labute approximate surface area is 108 Å². The average molecular weight is 240 g/mol. The lowest BCUT2D eigenvalue weighted by atomic mass is 9.84. The molecule has 0 aromatic rings. The number of hydrogen-bond acceptors (Lipinski definition) is 2. The van der Waals surface area contributed by atoms with Crippen LogP contribution >= 0.6 is 0 Å². The molecular weight excluding hydrogens is 208 g/mol. The van der Waals surface area contributed by atoms with E-state index >= 15 is 0 Å². The fraction of sp³-hybridized carbons (Fsp3) is 1.00. The second-order valence-electron chi connectivity index (χ2n) is 6.00. The van der Waals surface area contributed by atoms with Gasteiger partial charge < -0.3 is 5.73 Å². The van der Waals surface area contributed by atoms with Crippen molar-refractivity contribution in [3.05, 3.63) is 0 Å². The Morgan fingerprint density at radius 1 is 1.12 bits per heavy atom. The number of nitrogens with two attached hydrogens (primary N) is 1. The van der Waals surface area contributed by atoms with Crippen LogP contribution in [0.2, 0.25) is 0 Å². The predicted octanol–water partition coefficient (Wildman–Crippen LogP) is 3.12. The summed E-state index contributed by atoms with van der Waals surface area (Å²) in [6, 6.07) is 0.623. The van der Waals surface area contributed by atoms with E-state index in [-0.39, 0.29) is 0 Å². The van der Waals surface area contributed by atoms with E-state index in [2.05, 4.69) is 32.6 Å². The Balaban J connectivity index is 2.50. The molecular formula is C15H32N2. The van der Waals surface area contributed by atoms with Gasteiger partial charge in [0, 0.05) is 12.6 Å². The Morgan fingerprint density at radius 3 is 2.00 bits per heavy atom. The van der Waals surface area contributed by atoms with Crippen LogP contribution in [-0.4, -0.2) is 30.6 Å². The SMILES string of the molecule is CCC(CC)C(CN)N1CCC(C(C)C)CC1. The molecule has 2 N–H and O–H groups in total. The van der Waals surface area contributed by atoms with Gasteiger partial charge in [-0.25, -0.2) is 0 Å². The van der Waals surface area contributed by atoms with Crippen LogP contribution in [0.25, 0.3) is 0 Å². The van der Waals surface area contributed by atoms with Gasteiger partial charge in [-0.05, 0) is 43.7 Å². The summed E-state index contributed by atoms with van der Waals surface area (Å²) in [7, 11) is 0. The van der Waals surface area contributed by atoms with E-state index in [9.17, 15) is 0 Å². The molecule has 0 saturated carbocycles. The minimum Gasteiger partial charge on any atom is -0.329 e. The zero-order valence-corrected chi connectivity index (χ0v) is 12.3. The molecule has 0 spiro atoms. The molecule has 17 heavy (non-hydrogen) atoms. The second-order valence-corrected chi connectivity index (χ2v) is 6.00. The molecule has 1 unspecified atom stereocenters. The van der Waals surface area contributed by atoms with Gasteiger partial charge >= 0.3 is 0 Å². The lowest BCUT2D eigenvalue weighted by molar-refractivity contribution is 0.0831. The summed E-state index contributed by atoms with van der Waals surface area (Å²) in [6.07, 6.45) is 5.27. The molecule has 0 aliphatic carbocycles. The molecule has 1 atom stereocenters. The monoisotopic (exact) mass is 240 g/mol. The van der Waals surface area contributed by atoms with Gasteiger partial charge in [-0.1, -0.05) is 40.5 Å².